The Balaban J connectivity index is 1.13. The van der Waals surface area contributed by atoms with Gasteiger partial charge >= 0.3 is 0 Å². The summed E-state index contributed by atoms with van der Waals surface area (Å²) >= 11 is 0. The number of rotatable bonds is 11. The van der Waals surface area contributed by atoms with Gasteiger partial charge in [-0.25, -0.2) is 4.98 Å². The second-order valence-electron chi connectivity index (χ2n) is 24.2. The molecule has 3 aromatic heterocycles. The van der Waals surface area contributed by atoms with Gasteiger partial charge in [0.05, 0.1) is 60.9 Å². The number of ether oxygens (including phenoxy) is 1. The lowest BCUT2D eigenvalue weighted by molar-refractivity contribution is -0.570. The quantitative estimate of drug-likeness (QED) is 0.0560. The third-order valence-electron chi connectivity index (χ3n) is 15.6. The molecule has 0 bridgehead atoms. The summed E-state index contributed by atoms with van der Waals surface area (Å²) in [7, 11) is -5.96. The van der Waals surface area contributed by atoms with Crippen molar-refractivity contribution >= 4 is 61.7 Å². The largest absolute Gasteiger partial charge is 0.458 e. The molecule has 0 atom stereocenters. The standard InChI is InChI=1S/C79H72N4OSi/c1-54-44-75(80-52-69(54)55-28-15-11-16-29-55)83-70-39-24-23-38-66(70)67-43-42-62(51-73(67)83)84-61-31-27-30-60(50-61)81-53-82(72-41-26-25-40-71(72)81)76-68(56-45-57(77(2,3)4)47-58(46-56)78(5,6)7)48-59(79(8,9)10)49-74(76)85(63-32-17-12-18-33-63,64-34-19-13-20-35-64)65-36-21-14-22-37-65/h11-52H,1-10H3/i1D3,11D,12D,13D,14D,15D,16D,17D,18D,19D,20D,21D,22D,28D,29D,32D,33D,34D,35D,36D,37D. The molecule has 0 radical (unpaired) electrons. The molecule has 418 valence electrons. The number of fused-ring (bicyclic) bond motifs is 4. The Morgan fingerprint density at radius 3 is 1.66 bits per heavy atom. The van der Waals surface area contributed by atoms with Crippen molar-refractivity contribution in [1.82, 2.24) is 14.1 Å². The molecule has 0 aliphatic heterocycles. The molecule has 0 aliphatic rings. The first kappa shape index (κ1) is 34.4. The number of imidazole rings is 1. The molecule has 0 amide bonds. The molecule has 0 unspecified atom stereocenters. The van der Waals surface area contributed by atoms with Gasteiger partial charge in [-0.1, -0.05) is 262 Å². The van der Waals surface area contributed by atoms with Crippen molar-refractivity contribution in [2.45, 2.75) is 85.4 Å². The average Bonchev–Trinajstić information content (AvgIpc) is 1.37. The van der Waals surface area contributed by atoms with Crippen LogP contribution in [0.5, 0.6) is 11.5 Å². The lowest BCUT2D eigenvalue weighted by Crippen LogP contribution is -2.76. The van der Waals surface area contributed by atoms with Crippen LogP contribution in [0, 0.1) is 13.2 Å². The van der Waals surface area contributed by atoms with Crippen LogP contribution < -0.4 is 30.1 Å². The van der Waals surface area contributed by atoms with Crippen LogP contribution in [0.1, 0.15) is 116 Å². The van der Waals surface area contributed by atoms with Crippen molar-refractivity contribution in [1.29, 1.82) is 0 Å². The predicted molar refractivity (Wildman–Crippen MR) is 358 cm³/mol. The first-order chi connectivity index (χ1) is 50.4. The minimum absolute atomic E-state index is 0.0845. The van der Waals surface area contributed by atoms with Crippen molar-refractivity contribution in [2.24, 2.45) is 0 Å². The van der Waals surface area contributed by atoms with Gasteiger partial charge in [0, 0.05) is 32.7 Å². The lowest BCUT2D eigenvalue weighted by Gasteiger charge is -2.38. The molecule has 0 spiro atoms. The van der Waals surface area contributed by atoms with E-state index in [4.69, 9.17) is 24.8 Å². The van der Waals surface area contributed by atoms with Crippen LogP contribution in [-0.2, 0) is 16.2 Å². The van der Waals surface area contributed by atoms with Crippen LogP contribution in [-0.4, -0.2) is 22.2 Å². The summed E-state index contributed by atoms with van der Waals surface area (Å²) < 4.78 is 226. The Morgan fingerprint density at radius 1 is 0.494 bits per heavy atom. The zero-order valence-corrected chi connectivity index (χ0v) is 49.4. The number of hydrogen-bond acceptors (Lipinski definition) is 2. The second kappa shape index (κ2) is 21.4. The van der Waals surface area contributed by atoms with E-state index in [1.807, 2.05) is 75.4 Å². The van der Waals surface area contributed by atoms with E-state index in [9.17, 15) is 16.4 Å². The van der Waals surface area contributed by atoms with Crippen molar-refractivity contribution < 1.29 is 40.8 Å². The SMILES string of the molecule is [2H]c1c([2H])c([2H])c(-c2cnc(-n3c4ccccc4c4ccc(Oc5cccc(-n6[c-][n+](-c7c(-c8cc(C(C)(C)C)cc(C(C)(C)C)c8)cc(C(C)(C)C)cc7[Si](c7c([2H])c([2H])c([2H])c([2H])c7[2H])(c7c([2H])c([2H])c([2H])c([2H])c7[2H])c7c([2H])c([2H])c([2H])c([2H])c7[2H])c7ccccc76)c5)cc43)cc2C([2H])([2H])[2H])c([2H])c1[2H]. The monoisotopic (exact) mass is 1140 g/mol. The highest BCUT2D eigenvalue weighted by atomic mass is 28.3. The number of benzene rings is 10. The highest BCUT2D eigenvalue weighted by Gasteiger charge is 2.45. The summed E-state index contributed by atoms with van der Waals surface area (Å²) in [5, 5.41) is -0.571. The summed E-state index contributed by atoms with van der Waals surface area (Å²) in [4.78, 5) is 4.74. The van der Waals surface area contributed by atoms with Gasteiger partial charge in [0.1, 0.15) is 17.3 Å². The molecular formula is C79H72N4OSi. The topological polar surface area (TPSA) is 35.9 Å². The van der Waals surface area contributed by atoms with Crippen LogP contribution in [0.2, 0.25) is 0 Å². The molecule has 10 aromatic carbocycles. The maximum Gasteiger partial charge on any atom is 0.269 e. The fraction of sp³-hybridized carbons (Fsp3) is 0.165. The van der Waals surface area contributed by atoms with Crippen molar-refractivity contribution in [3.8, 4) is 50.9 Å². The summed E-state index contributed by atoms with van der Waals surface area (Å²) in [6.07, 6.45) is 4.85. The summed E-state index contributed by atoms with van der Waals surface area (Å²) in [6, 6.07) is 21.4. The summed E-state index contributed by atoms with van der Waals surface area (Å²) in [5.74, 6) is 0.732. The number of para-hydroxylation sites is 3. The minimum Gasteiger partial charge on any atom is -0.458 e. The van der Waals surface area contributed by atoms with E-state index in [0.29, 0.717) is 50.2 Å². The van der Waals surface area contributed by atoms with Gasteiger partial charge in [-0.05, 0) is 125 Å². The highest BCUT2D eigenvalue weighted by molar-refractivity contribution is 7.20. The fourth-order valence-electron chi connectivity index (χ4n) is 11.2. The molecule has 6 heteroatoms. The van der Waals surface area contributed by atoms with Crippen LogP contribution >= 0.6 is 0 Å². The van der Waals surface area contributed by atoms with Crippen LogP contribution in [0.25, 0.3) is 72.3 Å². The van der Waals surface area contributed by atoms with Gasteiger partial charge in [0.15, 0.2) is 8.07 Å². The fourth-order valence-corrected chi connectivity index (χ4v) is 15.2. The third kappa shape index (κ3) is 9.98. The third-order valence-corrected chi connectivity index (χ3v) is 19.8. The van der Waals surface area contributed by atoms with E-state index >= 15 is 0 Å². The first-order valence-corrected chi connectivity index (χ1v) is 29.9. The number of nitrogens with zero attached hydrogens (tertiary/aromatic N) is 4. The van der Waals surface area contributed by atoms with Crippen molar-refractivity contribution in [2.75, 3.05) is 0 Å². The zero-order chi connectivity index (χ0) is 78.7. The summed E-state index contributed by atoms with van der Waals surface area (Å²) in [6.45, 7) is 15.2. The molecule has 85 heavy (non-hydrogen) atoms. The maximum atomic E-state index is 10.2. The van der Waals surface area contributed by atoms with Gasteiger partial charge in [0.25, 0.3) is 6.33 Å². The van der Waals surface area contributed by atoms with E-state index in [0.717, 1.165) is 21.9 Å². The van der Waals surface area contributed by atoms with E-state index in [2.05, 4.69) is 53.9 Å². The number of aromatic nitrogens is 4. The van der Waals surface area contributed by atoms with Gasteiger partial charge < -0.3 is 4.74 Å². The molecule has 13 aromatic rings. The molecule has 0 saturated carbocycles. The molecule has 0 aliphatic carbocycles. The number of pyridine rings is 1. The Hall–Kier alpha value is -9.36. The van der Waals surface area contributed by atoms with Crippen LogP contribution in [0.15, 0.2) is 254 Å². The first-order valence-electron chi connectivity index (χ1n) is 39.4. The lowest BCUT2D eigenvalue weighted by atomic mass is 9.78. The predicted octanol–water partition coefficient (Wildman–Crippen LogP) is 16.9. The number of aryl methyl sites for hydroxylation is 1. The zero-order valence-electron chi connectivity index (χ0n) is 71.4. The summed E-state index contributed by atoms with van der Waals surface area (Å²) in [5.41, 5.74) is 2.93. The van der Waals surface area contributed by atoms with Gasteiger partial charge in [-0.2, -0.15) is 0 Å². The van der Waals surface area contributed by atoms with E-state index < -0.39 is 168 Å². The van der Waals surface area contributed by atoms with Crippen molar-refractivity contribution in [3.63, 3.8) is 0 Å². The normalized spacial score (nSPS) is 16.3. The Bertz CT molecular complexity index is 5690. The second-order valence-corrected chi connectivity index (χ2v) is 27.7. The molecule has 13 rings (SSSR count). The van der Waals surface area contributed by atoms with E-state index in [1.54, 1.807) is 74.4 Å². The van der Waals surface area contributed by atoms with E-state index in [-0.39, 0.29) is 39.1 Å². The molecule has 0 N–H and O–H groups in total. The molecule has 0 saturated heterocycles. The molecular weight excluding hydrogens is 1050 g/mol. The van der Waals surface area contributed by atoms with Crippen molar-refractivity contribution in [3.05, 3.63) is 283 Å². The Morgan fingerprint density at radius 2 is 1.05 bits per heavy atom. The molecule has 5 nitrogen and oxygen atoms in total. The van der Waals surface area contributed by atoms with Crippen LogP contribution in [0.3, 0.4) is 0 Å². The minimum atomic E-state index is -5.96. The van der Waals surface area contributed by atoms with E-state index in [1.165, 1.54) is 12.3 Å². The number of hydrogen-bond donors (Lipinski definition) is 0. The maximum absolute atomic E-state index is 10.2. The van der Waals surface area contributed by atoms with Gasteiger partial charge in [-0.15, -0.1) is 0 Å². The van der Waals surface area contributed by atoms with Gasteiger partial charge in [-0.3, -0.25) is 13.7 Å². The molecule has 0 fully saturated rings. The average molecular weight is 1140 g/mol. The molecule has 3 heterocycles. The van der Waals surface area contributed by atoms with Gasteiger partial charge in [0.2, 0.25) is 0 Å². The Kier molecular flexibility index (Phi) is 8.65. The van der Waals surface area contributed by atoms with Crippen LogP contribution in [0.4, 0.5) is 0 Å². The highest BCUT2D eigenvalue weighted by Crippen LogP contribution is 2.40. The Labute approximate surface area is 534 Å². The smallest absolute Gasteiger partial charge is 0.269 e.